The van der Waals surface area contributed by atoms with Gasteiger partial charge in [0.05, 0.1) is 6.10 Å². The lowest BCUT2D eigenvalue weighted by Gasteiger charge is -2.48. The van der Waals surface area contributed by atoms with Crippen LogP contribution in [-0.4, -0.2) is 104 Å². The predicted molar refractivity (Wildman–Crippen MR) is 174 cm³/mol. The van der Waals surface area contributed by atoms with Gasteiger partial charge in [0.25, 0.3) is 0 Å². The number of ether oxygens (including phenoxy) is 8. The number of amides is 2. The molecule has 0 bridgehead atoms. The normalized spacial score (nSPS) is 27.1. The zero-order chi connectivity index (χ0) is 38.3. The van der Waals surface area contributed by atoms with Crippen molar-refractivity contribution in [1.82, 2.24) is 10.6 Å². The van der Waals surface area contributed by atoms with E-state index in [0.29, 0.717) is 10.9 Å². The average molecular weight is 735 g/mol. The first-order valence-electron chi connectivity index (χ1n) is 16.3. The second-order valence-electron chi connectivity index (χ2n) is 12.3. The van der Waals surface area contributed by atoms with Crippen molar-refractivity contribution in [2.45, 2.75) is 110 Å². The lowest BCUT2D eigenvalue weighted by molar-refractivity contribution is -0.315. The Morgan fingerprint density at radius 2 is 1.38 bits per heavy atom. The van der Waals surface area contributed by atoms with Crippen molar-refractivity contribution in [3.05, 3.63) is 40.2 Å². The van der Waals surface area contributed by atoms with Gasteiger partial charge in [-0.25, -0.2) is 4.79 Å². The quantitative estimate of drug-likeness (QED) is 0.174. The summed E-state index contributed by atoms with van der Waals surface area (Å²) in [4.78, 5) is 85.4. The van der Waals surface area contributed by atoms with Crippen LogP contribution in [0.25, 0.3) is 11.0 Å². The van der Waals surface area contributed by atoms with Crippen LogP contribution >= 0.6 is 0 Å². The molecule has 2 fully saturated rings. The summed E-state index contributed by atoms with van der Waals surface area (Å²) in [6.07, 6.45) is -9.07. The van der Waals surface area contributed by atoms with E-state index in [0.717, 1.165) is 13.8 Å². The zero-order valence-corrected chi connectivity index (χ0v) is 29.7. The number of aryl methyl sites for hydroxylation is 1. The van der Waals surface area contributed by atoms with E-state index in [1.807, 2.05) is 0 Å². The highest BCUT2D eigenvalue weighted by Crippen LogP contribution is 2.34. The molecule has 18 nitrogen and oxygen atoms in total. The minimum atomic E-state index is -1.49. The van der Waals surface area contributed by atoms with Crippen LogP contribution in [-0.2, 0) is 61.9 Å². The van der Waals surface area contributed by atoms with Gasteiger partial charge in [-0.2, -0.15) is 0 Å². The van der Waals surface area contributed by atoms with Crippen LogP contribution in [0.2, 0.25) is 0 Å². The van der Waals surface area contributed by atoms with Crippen LogP contribution in [0.4, 0.5) is 0 Å². The van der Waals surface area contributed by atoms with E-state index in [9.17, 15) is 33.6 Å². The molecule has 284 valence electrons. The number of benzene rings is 1. The van der Waals surface area contributed by atoms with Crippen molar-refractivity contribution in [2.24, 2.45) is 0 Å². The molecule has 52 heavy (non-hydrogen) atoms. The van der Waals surface area contributed by atoms with Gasteiger partial charge in [0.2, 0.25) is 18.1 Å². The molecule has 9 atom stereocenters. The van der Waals surface area contributed by atoms with E-state index < -0.39 is 103 Å². The number of rotatable bonds is 12. The molecule has 2 aromatic rings. The van der Waals surface area contributed by atoms with Crippen LogP contribution in [0.15, 0.2) is 33.5 Å². The molecule has 18 heteroatoms. The summed E-state index contributed by atoms with van der Waals surface area (Å²) >= 11 is 0. The van der Waals surface area contributed by atoms with Gasteiger partial charge < -0.3 is 52.9 Å². The number of esters is 4. The highest BCUT2D eigenvalue weighted by atomic mass is 16.7. The number of hydrogen-bond donors (Lipinski definition) is 2. The van der Waals surface area contributed by atoms with E-state index in [1.165, 1.54) is 39.8 Å². The summed E-state index contributed by atoms with van der Waals surface area (Å²) < 4.78 is 52.0. The fourth-order valence-electron chi connectivity index (χ4n) is 5.96. The summed E-state index contributed by atoms with van der Waals surface area (Å²) in [6, 6.07) is 3.53. The average Bonchev–Trinajstić information content (AvgIpc) is 3.02. The van der Waals surface area contributed by atoms with Crippen LogP contribution in [0, 0.1) is 6.92 Å². The van der Waals surface area contributed by atoms with Gasteiger partial charge in [-0.15, -0.1) is 0 Å². The fourth-order valence-corrected chi connectivity index (χ4v) is 5.96. The Morgan fingerprint density at radius 1 is 0.750 bits per heavy atom. The van der Waals surface area contributed by atoms with Gasteiger partial charge in [0, 0.05) is 65.5 Å². The molecule has 1 aromatic heterocycles. The van der Waals surface area contributed by atoms with Gasteiger partial charge in [0.15, 0.2) is 12.4 Å². The Morgan fingerprint density at radius 3 is 2.00 bits per heavy atom. The SMILES string of the molecule is CC(=O)N[C@@H]1[C@@H](O[C@H]2[C@H](OC(C)=O)[C@@H](NC(C)=O)[C@H](Oc3ccc4c(C)cc(=O)oc4c3)O[C@@H]2COC(C)=O)O[C@@H](COC(C)=O)C[C@H]1OC(C)=O. The molecule has 0 unspecified atom stereocenters. The summed E-state index contributed by atoms with van der Waals surface area (Å²) in [5.41, 5.74) is 0.275. The molecule has 4 rings (SSSR count). The Bertz CT molecular complexity index is 1720. The van der Waals surface area contributed by atoms with Gasteiger partial charge in [-0.3, -0.25) is 28.8 Å². The number of fused-ring (bicyclic) bond motifs is 1. The maximum atomic E-state index is 12.6. The Kier molecular flexibility index (Phi) is 13.3. The molecular formula is C34H42N2O16. The third kappa shape index (κ3) is 10.7. The van der Waals surface area contributed by atoms with Gasteiger partial charge in [0.1, 0.15) is 54.9 Å². The number of carbonyl (C=O) groups is 6. The van der Waals surface area contributed by atoms with E-state index in [2.05, 4.69) is 10.6 Å². The lowest BCUT2D eigenvalue weighted by atomic mass is 9.95. The smallest absolute Gasteiger partial charge is 0.336 e. The molecule has 0 radical (unpaired) electrons. The van der Waals surface area contributed by atoms with E-state index in [4.69, 9.17) is 42.3 Å². The molecule has 0 spiro atoms. The van der Waals surface area contributed by atoms with E-state index >= 15 is 0 Å². The molecule has 0 aliphatic carbocycles. The predicted octanol–water partition coefficient (Wildman–Crippen LogP) is 0.704. The summed E-state index contributed by atoms with van der Waals surface area (Å²) in [5.74, 6) is -3.81. The Labute approximate surface area is 297 Å². The van der Waals surface area contributed by atoms with Crippen molar-refractivity contribution < 1.29 is 71.1 Å². The number of nitrogens with one attached hydrogen (secondary N) is 2. The molecule has 2 N–H and O–H groups in total. The van der Waals surface area contributed by atoms with Gasteiger partial charge in [-0.05, 0) is 24.6 Å². The number of carbonyl (C=O) groups excluding carboxylic acids is 6. The van der Waals surface area contributed by atoms with Gasteiger partial charge >= 0.3 is 29.5 Å². The van der Waals surface area contributed by atoms with Crippen molar-refractivity contribution in [3.8, 4) is 5.75 Å². The third-order valence-electron chi connectivity index (χ3n) is 7.91. The molecule has 2 saturated heterocycles. The minimum Gasteiger partial charge on any atom is -0.463 e. The van der Waals surface area contributed by atoms with Crippen molar-refractivity contribution in [2.75, 3.05) is 13.2 Å². The first-order chi connectivity index (χ1) is 24.5. The van der Waals surface area contributed by atoms with Crippen LogP contribution < -0.4 is 21.0 Å². The second-order valence-corrected chi connectivity index (χ2v) is 12.3. The minimum absolute atomic E-state index is 0.0150. The van der Waals surface area contributed by atoms with E-state index in [1.54, 1.807) is 19.1 Å². The van der Waals surface area contributed by atoms with Crippen molar-refractivity contribution >= 4 is 46.7 Å². The zero-order valence-electron chi connectivity index (χ0n) is 29.7. The molecule has 2 aliphatic rings. The van der Waals surface area contributed by atoms with Gasteiger partial charge in [-0.1, -0.05) is 0 Å². The molecule has 2 amide bonds. The first kappa shape index (κ1) is 39.7. The lowest BCUT2D eigenvalue weighted by Crippen LogP contribution is -2.69. The highest BCUT2D eigenvalue weighted by molar-refractivity contribution is 5.81. The van der Waals surface area contributed by atoms with Crippen LogP contribution in [0.3, 0.4) is 0 Å². The summed E-state index contributed by atoms with van der Waals surface area (Å²) in [7, 11) is 0. The molecule has 3 heterocycles. The molecule has 0 saturated carbocycles. The third-order valence-corrected chi connectivity index (χ3v) is 7.91. The molecule has 2 aliphatic heterocycles. The van der Waals surface area contributed by atoms with E-state index in [-0.39, 0.29) is 24.4 Å². The van der Waals surface area contributed by atoms with Crippen LogP contribution in [0.5, 0.6) is 5.75 Å². The topological polar surface area (TPSA) is 231 Å². The monoisotopic (exact) mass is 734 g/mol. The van der Waals surface area contributed by atoms with Crippen LogP contribution in [0.1, 0.15) is 53.5 Å². The summed E-state index contributed by atoms with van der Waals surface area (Å²) in [6.45, 7) is 8.02. The molecule has 1 aromatic carbocycles. The fraction of sp³-hybridized carbons (Fsp3) is 0.559. The summed E-state index contributed by atoms with van der Waals surface area (Å²) in [5, 5.41) is 5.96. The van der Waals surface area contributed by atoms with Crippen molar-refractivity contribution in [1.29, 1.82) is 0 Å². The Balaban J connectivity index is 1.78. The highest BCUT2D eigenvalue weighted by Gasteiger charge is 2.54. The largest absolute Gasteiger partial charge is 0.463 e. The van der Waals surface area contributed by atoms with Crippen molar-refractivity contribution in [3.63, 3.8) is 0 Å². The first-order valence-corrected chi connectivity index (χ1v) is 16.3. The second kappa shape index (κ2) is 17.4. The number of hydrogen-bond acceptors (Lipinski definition) is 16. The Hall–Kier alpha value is -5.07. The maximum Gasteiger partial charge on any atom is 0.336 e. The molecular weight excluding hydrogens is 692 g/mol. The standard InChI is InChI=1S/C34H42N2O16/c1-15-10-28(43)50-25-11-22(8-9-24(15)25)48-34-30(36-17(3)38)32(47-21(7)42)31(27(51-34)14-45-19(5)40)52-33-29(35-16(2)37)26(46-20(6)41)12-23(49-33)13-44-18(4)39/h8-11,23,26-27,29-34H,12-14H2,1-7H3,(H,35,37)(H,36,38)/t23-,26-,27-,29+,30-,31-,32-,33-,34-/m1/s1. The maximum absolute atomic E-state index is 12.6.